The number of carbonyl (C=O) groups excluding carboxylic acids is 2. The molecule has 5 heteroatoms. The minimum atomic E-state index is -0.345. The fourth-order valence-corrected chi connectivity index (χ4v) is 2.05. The monoisotopic (exact) mass is 290 g/mol. The Hall–Kier alpha value is -2.04. The average molecular weight is 290 g/mol. The number of nitrogens with one attached hydrogen (secondary N) is 2. The normalized spacial score (nSPS) is 15.4. The Morgan fingerprint density at radius 2 is 1.95 bits per heavy atom. The third-order valence-corrected chi connectivity index (χ3v) is 3.35. The first-order chi connectivity index (χ1) is 9.95. The van der Waals surface area contributed by atoms with Crippen molar-refractivity contribution in [2.75, 3.05) is 5.32 Å². The van der Waals surface area contributed by atoms with Crippen LogP contribution in [0.4, 0.5) is 10.5 Å². The zero-order valence-electron chi connectivity index (χ0n) is 12.7. The van der Waals surface area contributed by atoms with Gasteiger partial charge in [0.05, 0.1) is 5.56 Å². The van der Waals surface area contributed by atoms with Gasteiger partial charge in [-0.1, -0.05) is 6.07 Å². The van der Waals surface area contributed by atoms with E-state index >= 15 is 0 Å². The second-order valence-electron chi connectivity index (χ2n) is 5.78. The summed E-state index contributed by atoms with van der Waals surface area (Å²) in [5, 5.41) is 5.43. The summed E-state index contributed by atoms with van der Waals surface area (Å²) in [5.41, 5.74) is 1.02. The molecule has 0 radical (unpaired) electrons. The minimum Gasteiger partial charge on any atom is -0.459 e. The predicted octanol–water partition coefficient (Wildman–Crippen LogP) is 3.17. The van der Waals surface area contributed by atoms with E-state index in [2.05, 4.69) is 10.6 Å². The lowest BCUT2D eigenvalue weighted by molar-refractivity contribution is 0.0294. The van der Waals surface area contributed by atoms with Crippen molar-refractivity contribution in [3.63, 3.8) is 0 Å². The highest BCUT2D eigenvalue weighted by Crippen LogP contribution is 2.34. The Morgan fingerprint density at radius 3 is 2.57 bits per heavy atom. The van der Waals surface area contributed by atoms with Crippen molar-refractivity contribution in [3.05, 3.63) is 29.8 Å². The summed E-state index contributed by atoms with van der Waals surface area (Å²) in [7, 11) is 0. The molecule has 1 aliphatic rings. The van der Waals surface area contributed by atoms with Crippen molar-refractivity contribution >= 4 is 17.7 Å². The van der Waals surface area contributed by atoms with E-state index in [0.717, 1.165) is 12.8 Å². The number of carbonyl (C=O) groups is 2. The molecule has 0 heterocycles. The van der Waals surface area contributed by atoms with Gasteiger partial charge in [-0.05, 0) is 57.7 Å². The fraction of sp³-hybridized carbons (Fsp3) is 0.500. The summed E-state index contributed by atoms with van der Waals surface area (Å²) in [4.78, 5) is 23.7. The maximum atomic E-state index is 12.1. The highest BCUT2D eigenvalue weighted by atomic mass is 16.5. The molecule has 2 amide bonds. The Labute approximate surface area is 125 Å². The summed E-state index contributed by atoms with van der Waals surface area (Å²) >= 11 is 0. The van der Waals surface area contributed by atoms with Crippen molar-refractivity contribution in [1.82, 2.24) is 5.32 Å². The average Bonchev–Trinajstić information content (AvgIpc) is 3.22. The maximum Gasteiger partial charge on any atom is 0.338 e. The third kappa shape index (κ3) is 4.77. The second-order valence-corrected chi connectivity index (χ2v) is 5.78. The minimum absolute atomic E-state index is 0.0432. The lowest BCUT2D eigenvalue weighted by Crippen LogP contribution is -2.34. The van der Waals surface area contributed by atoms with Crippen LogP contribution < -0.4 is 10.6 Å². The molecular weight excluding hydrogens is 268 g/mol. The smallest absolute Gasteiger partial charge is 0.338 e. The Balaban J connectivity index is 1.96. The summed E-state index contributed by atoms with van der Waals surface area (Å²) in [6, 6.07) is 6.54. The first kappa shape index (κ1) is 15.4. The largest absolute Gasteiger partial charge is 0.459 e. The van der Waals surface area contributed by atoms with Crippen LogP contribution in [-0.4, -0.2) is 24.1 Å². The molecule has 1 aliphatic carbocycles. The summed E-state index contributed by atoms with van der Waals surface area (Å²) in [5.74, 6) is 0.161. The molecule has 1 aromatic rings. The number of urea groups is 1. The van der Waals surface area contributed by atoms with Gasteiger partial charge in [0.2, 0.25) is 0 Å². The fourth-order valence-electron chi connectivity index (χ4n) is 2.05. The second kappa shape index (κ2) is 6.61. The molecule has 0 spiro atoms. The van der Waals surface area contributed by atoms with Gasteiger partial charge in [0.15, 0.2) is 0 Å². The van der Waals surface area contributed by atoms with Crippen molar-refractivity contribution < 1.29 is 14.3 Å². The summed E-state index contributed by atoms with van der Waals surface area (Å²) in [6.45, 7) is 5.69. The molecule has 1 aromatic carbocycles. The number of hydrogen-bond donors (Lipinski definition) is 2. The molecule has 2 rings (SSSR count). The number of rotatable bonds is 5. The van der Waals surface area contributed by atoms with Crippen molar-refractivity contribution in [2.24, 2.45) is 5.92 Å². The quantitative estimate of drug-likeness (QED) is 0.818. The maximum absolute atomic E-state index is 12.1. The predicted molar refractivity (Wildman–Crippen MR) is 81.3 cm³/mol. The zero-order valence-corrected chi connectivity index (χ0v) is 12.7. The molecule has 1 saturated carbocycles. The number of esters is 1. The van der Waals surface area contributed by atoms with Crippen molar-refractivity contribution in [3.8, 4) is 0 Å². The van der Waals surface area contributed by atoms with E-state index in [1.165, 1.54) is 0 Å². The number of benzene rings is 1. The van der Waals surface area contributed by atoms with E-state index in [4.69, 9.17) is 4.74 Å². The Morgan fingerprint density at radius 1 is 1.24 bits per heavy atom. The molecule has 2 N–H and O–H groups in total. The number of ether oxygens (including phenoxy) is 1. The van der Waals surface area contributed by atoms with Gasteiger partial charge in [0.25, 0.3) is 0 Å². The van der Waals surface area contributed by atoms with Crippen LogP contribution in [0.2, 0.25) is 0 Å². The van der Waals surface area contributed by atoms with Crippen LogP contribution in [-0.2, 0) is 4.74 Å². The molecule has 1 fully saturated rings. The molecule has 21 heavy (non-hydrogen) atoms. The van der Waals surface area contributed by atoms with E-state index in [1.54, 1.807) is 24.3 Å². The van der Waals surface area contributed by atoms with Gasteiger partial charge in [-0.3, -0.25) is 0 Å². The zero-order chi connectivity index (χ0) is 15.4. The van der Waals surface area contributed by atoms with Crippen LogP contribution in [0.3, 0.4) is 0 Å². The summed E-state index contributed by atoms with van der Waals surface area (Å²) in [6.07, 6.45) is 2.22. The van der Waals surface area contributed by atoms with Gasteiger partial charge in [-0.25, -0.2) is 9.59 Å². The molecule has 1 unspecified atom stereocenters. The lowest BCUT2D eigenvalue weighted by atomic mass is 10.2. The van der Waals surface area contributed by atoms with Crippen LogP contribution in [0, 0.1) is 5.92 Å². The van der Waals surface area contributed by atoms with E-state index in [9.17, 15) is 9.59 Å². The van der Waals surface area contributed by atoms with Crippen LogP contribution >= 0.6 is 0 Å². The molecule has 1 atom stereocenters. The third-order valence-electron chi connectivity index (χ3n) is 3.35. The van der Waals surface area contributed by atoms with Crippen LogP contribution in [0.1, 0.15) is 44.0 Å². The molecule has 0 aliphatic heterocycles. The number of anilines is 1. The Bertz CT molecular complexity index is 524. The van der Waals surface area contributed by atoms with Gasteiger partial charge in [-0.2, -0.15) is 0 Å². The van der Waals surface area contributed by atoms with Gasteiger partial charge < -0.3 is 15.4 Å². The van der Waals surface area contributed by atoms with Crippen LogP contribution in [0.5, 0.6) is 0 Å². The van der Waals surface area contributed by atoms with E-state index in [0.29, 0.717) is 17.2 Å². The lowest BCUT2D eigenvalue weighted by Gasteiger charge is -2.13. The van der Waals surface area contributed by atoms with Crippen molar-refractivity contribution in [1.29, 1.82) is 0 Å². The molecular formula is C16H22N2O3. The van der Waals surface area contributed by atoms with Gasteiger partial charge in [-0.15, -0.1) is 0 Å². The molecule has 0 saturated heterocycles. The van der Waals surface area contributed by atoms with Gasteiger partial charge in [0.1, 0.15) is 6.10 Å². The van der Waals surface area contributed by atoms with Crippen LogP contribution in [0.25, 0.3) is 0 Å². The SMILES string of the molecule is CC(C)NC(=O)Nc1cccc(C(=O)OC(C)C2CC2)c1. The van der Waals surface area contributed by atoms with E-state index < -0.39 is 0 Å². The summed E-state index contributed by atoms with van der Waals surface area (Å²) < 4.78 is 5.42. The van der Waals surface area contributed by atoms with Crippen molar-refractivity contribution in [2.45, 2.75) is 45.8 Å². The topological polar surface area (TPSA) is 67.4 Å². The van der Waals surface area contributed by atoms with Crippen LogP contribution in [0.15, 0.2) is 24.3 Å². The highest BCUT2D eigenvalue weighted by Gasteiger charge is 2.30. The van der Waals surface area contributed by atoms with Gasteiger partial charge >= 0.3 is 12.0 Å². The Kier molecular flexibility index (Phi) is 4.83. The molecule has 0 bridgehead atoms. The highest BCUT2D eigenvalue weighted by molar-refractivity contribution is 5.94. The molecule has 114 valence electrons. The first-order valence-corrected chi connectivity index (χ1v) is 7.34. The first-order valence-electron chi connectivity index (χ1n) is 7.34. The molecule has 5 nitrogen and oxygen atoms in total. The molecule has 0 aromatic heterocycles. The number of hydrogen-bond acceptors (Lipinski definition) is 3. The van der Waals surface area contributed by atoms with E-state index in [-0.39, 0.29) is 24.1 Å². The standard InChI is InChI=1S/C16H22N2O3/c1-10(2)17-16(20)18-14-6-4-5-13(9-14)15(19)21-11(3)12-7-8-12/h4-6,9-12H,7-8H2,1-3H3,(H2,17,18,20). The van der Waals surface area contributed by atoms with E-state index in [1.807, 2.05) is 20.8 Å². The number of amides is 2. The van der Waals surface area contributed by atoms with Gasteiger partial charge in [0, 0.05) is 11.7 Å².